The highest BCUT2D eigenvalue weighted by Crippen LogP contribution is 2.22. The summed E-state index contributed by atoms with van der Waals surface area (Å²) in [4.78, 5) is 16.1. The fraction of sp³-hybridized carbons (Fsp3) is 0.435. The molecule has 0 bridgehead atoms. The Morgan fingerprint density at radius 3 is 2.50 bits per heavy atom. The normalized spacial score (nSPS) is 22.0. The van der Waals surface area contributed by atoms with E-state index in [-0.39, 0.29) is 0 Å². The molecule has 0 radical (unpaired) electrons. The molecule has 2 fully saturated rings. The Hall–Kier alpha value is -2.37. The van der Waals surface area contributed by atoms with Gasteiger partial charge < -0.3 is 9.88 Å². The van der Waals surface area contributed by atoms with Crippen molar-refractivity contribution in [3.63, 3.8) is 0 Å². The lowest BCUT2D eigenvalue weighted by atomic mass is 10.0. The predicted molar refractivity (Wildman–Crippen MR) is 115 cm³/mol. The summed E-state index contributed by atoms with van der Waals surface area (Å²) in [5.41, 5.74) is 3.57. The molecule has 0 aliphatic carbocycles. The van der Waals surface area contributed by atoms with Crippen molar-refractivity contribution in [2.75, 3.05) is 44.2 Å². The zero-order valence-corrected chi connectivity index (χ0v) is 16.4. The van der Waals surface area contributed by atoms with Crippen LogP contribution >= 0.6 is 0 Å². The van der Waals surface area contributed by atoms with Crippen LogP contribution in [-0.4, -0.2) is 65.1 Å². The number of anilines is 1. The Morgan fingerprint density at radius 2 is 1.68 bits per heavy atom. The maximum absolute atomic E-state index is 4.77. The van der Waals surface area contributed by atoms with Crippen molar-refractivity contribution >= 4 is 16.7 Å². The SMILES string of the molecule is c1ccc(N2CCN(C3CCCN(Cc4nc5ccccc5[nH]4)C3)CC2)cc1. The van der Waals surface area contributed by atoms with E-state index in [9.17, 15) is 0 Å². The van der Waals surface area contributed by atoms with Gasteiger partial charge in [-0.15, -0.1) is 0 Å². The van der Waals surface area contributed by atoms with Gasteiger partial charge in [-0.1, -0.05) is 30.3 Å². The summed E-state index contributed by atoms with van der Waals surface area (Å²) in [5.74, 6) is 1.09. The van der Waals surface area contributed by atoms with Crippen LogP contribution in [0, 0.1) is 0 Å². The van der Waals surface area contributed by atoms with Gasteiger partial charge in [0.1, 0.15) is 5.82 Å². The van der Waals surface area contributed by atoms with Crippen molar-refractivity contribution in [2.45, 2.75) is 25.4 Å². The number of nitrogens with one attached hydrogen (secondary N) is 1. The number of hydrogen-bond acceptors (Lipinski definition) is 4. The van der Waals surface area contributed by atoms with E-state index < -0.39 is 0 Å². The van der Waals surface area contributed by atoms with Crippen LogP contribution in [0.2, 0.25) is 0 Å². The first-order chi connectivity index (χ1) is 13.8. The first kappa shape index (κ1) is 17.7. The molecule has 0 spiro atoms. The van der Waals surface area contributed by atoms with Crippen LogP contribution in [0.4, 0.5) is 5.69 Å². The number of imidazole rings is 1. The molecular formula is C23H29N5. The van der Waals surface area contributed by atoms with Gasteiger partial charge in [0, 0.05) is 44.5 Å². The summed E-state index contributed by atoms with van der Waals surface area (Å²) in [7, 11) is 0. The summed E-state index contributed by atoms with van der Waals surface area (Å²) in [6.07, 6.45) is 2.60. The number of hydrogen-bond donors (Lipinski definition) is 1. The molecule has 1 aromatic heterocycles. The maximum Gasteiger partial charge on any atom is 0.121 e. The molecule has 2 aromatic carbocycles. The Morgan fingerprint density at radius 1 is 0.893 bits per heavy atom. The van der Waals surface area contributed by atoms with E-state index in [1.807, 2.05) is 0 Å². The monoisotopic (exact) mass is 375 g/mol. The smallest absolute Gasteiger partial charge is 0.121 e. The van der Waals surface area contributed by atoms with Crippen LogP contribution in [0.5, 0.6) is 0 Å². The van der Waals surface area contributed by atoms with Crippen molar-refractivity contribution in [1.29, 1.82) is 0 Å². The molecule has 3 aromatic rings. The van der Waals surface area contributed by atoms with Crippen LogP contribution in [-0.2, 0) is 6.54 Å². The van der Waals surface area contributed by atoms with Crippen LogP contribution in [0.25, 0.3) is 11.0 Å². The number of fused-ring (bicyclic) bond motifs is 1. The molecule has 5 rings (SSSR count). The summed E-state index contributed by atoms with van der Waals surface area (Å²) in [5, 5.41) is 0. The lowest BCUT2D eigenvalue weighted by Crippen LogP contribution is -2.55. The minimum Gasteiger partial charge on any atom is -0.369 e. The molecule has 146 valence electrons. The first-order valence-electron chi connectivity index (χ1n) is 10.6. The molecule has 5 heteroatoms. The molecule has 2 saturated heterocycles. The third-order valence-corrected chi connectivity index (χ3v) is 6.24. The summed E-state index contributed by atoms with van der Waals surface area (Å²) >= 11 is 0. The van der Waals surface area contributed by atoms with Crippen LogP contribution in [0.3, 0.4) is 0 Å². The minimum absolute atomic E-state index is 0.677. The largest absolute Gasteiger partial charge is 0.369 e. The van der Waals surface area contributed by atoms with Crippen molar-refractivity contribution in [2.24, 2.45) is 0 Å². The quantitative estimate of drug-likeness (QED) is 0.759. The molecule has 3 heterocycles. The van der Waals surface area contributed by atoms with E-state index in [0.717, 1.165) is 56.1 Å². The third-order valence-electron chi connectivity index (χ3n) is 6.24. The average molecular weight is 376 g/mol. The van der Waals surface area contributed by atoms with Crippen molar-refractivity contribution < 1.29 is 0 Å². The fourth-order valence-electron chi connectivity index (χ4n) is 4.75. The number of aromatic amines is 1. The van der Waals surface area contributed by atoms with E-state index in [4.69, 9.17) is 4.98 Å². The zero-order chi connectivity index (χ0) is 18.8. The summed E-state index contributed by atoms with van der Waals surface area (Å²) in [6.45, 7) is 7.85. The Labute approximate surface area is 167 Å². The maximum atomic E-state index is 4.77. The van der Waals surface area contributed by atoms with Gasteiger partial charge in [0.25, 0.3) is 0 Å². The van der Waals surface area contributed by atoms with Gasteiger partial charge in [0.15, 0.2) is 0 Å². The van der Waals surface area contributed by atoms with Crippen molar-refractivity contribution in [1.82, 2.24) is 19.8 Å². The second-order valence-electron chi connectivity index (χ2n) is 8.09. The molecule has 5 nitrogen and oxygen atoms in total. The number of piperazine rings is 1. The third kappa shape index (κ3) is 3.77. The lowest BCUT2D eigenvalue weighted by Gasteiger charge is -2.43. The lowest BCUT2D eigenvalue weighted by molar-refractivity contribution is 0.0875. The fourth-order valence-corrected chi connectivity index (χ4v) is 4.75. The molecule has 0 amide bonds. The first-order valence-corrected chi connectivity index (χ1v) is 10.6. The van der Waals surface area contributed by atoms with Crippen molar-refractivity contribution in [3.8, 4) is 0 Å². The van der Waals surface area contributed by atoms with E-state index in [1.54, 1.807) is 0 Å². The summed E-state index contributed by atoms with van der Waals surface area (Å²) < 4.78 is 0. The van der Waals surface area contributed by atoms with Crippen LogP contribution in [0.1, 0.15) is 18.7 Å². The van der Waals surface area contributed by atoms with Crippen LogP contribution < -0.4 is 4.90 Å². The number of piperidine rings is 1. The molecule has 0 saturated carbocycles. The van der Waals surface area contributed by atoms with E-state index in [1.165, 1.54) is 25.1 Å². The van der Waals surface area contributed by atoms with Gasteiger partial charge in [-0.25, -0.2) is 4.98 Å². The molecule has 2 aliphatic rings. The molecule has 1 unspecified atom stereocenters. The topological polar surface area (TPSA) is 38.4 Å². The van der Waals surface area contributed by atoms with E-state index in [2.05, 4.69) is 74.3 Å². The van der Waals surface area contributed by atoms with Crippen LogP contribution in [0.15, 0.2) is 54.6 Å². The number of H-pyrrole nitrogens is 1. The average Bonchev–Trinajstić information content (AvgIpc) is 3.17. The number of nitrogens with zero attached hydrogens (tertiary/aromatic N) is 4. The summed E-state index contributed by atoms with van der Waals surface area (Å²) in [6, 6.07) is 19.8. The van der Waals surface area contributed by atoms with E-state index in [0.29, 0.717) is 6.04 Å². The van der Waals surface area contributed by atoms with Crippen molar-refractivity contribution in [3.05, 3.63) is 60.4 Å². The second kappa shape index (κ2) is 7.94. The molecule has 1 atom stereocenters. The number of rotatable bonds is 4. The van der Waals surface area contributed by atoms with Gasteiger partial charge in [0.05, 0.1) is 17.6 Å². The van der Waals surface area contributed by atoms with Gasteiger partial charge >= 0.3 is 0 Å². The molecule has 28 heavy (non-hydrogen) atoms. The van der Waals surface area contributed by atoms with E-state index >= 15 is 0 Å². The Kier molecular flexibility index (Phi) is 5.02. The molecule has 2 aliphatic heterocycles. The second-order valence-corrected chi connectivity index (χ2v) is 8.09. The molecular weight excluding hydrogens is 346 g/mol. The van der Waals surface area contributed by atoms with Gasteiger partial charge in [-0.05, 0) is 43.7 Å². The van der Waals surface area contributed by atoms with Gasteiger partial charge in [-0.2, -0.15) is 0 Å². The predicted octanol–water partition coefficient (Wildman–Crippen LogP) is 3.35. The number of likely N-dealkylation sites (tertiary alicyclic amines) is 1. The number of aromatic nitrogens is 2. The minimum atomic E-state index is 0.677. The van der Waals surface area contributed by atoms with Gasteiger partial charge in [0.2, 0.25) is 0 Å². The van der Waals surface area contributed by atoms with Gasteiger partial charge in [-0.3, -0.25) is 9.80 Å². The molecule has 1 N–H and O–H groups in total. The highest BCUT2D eigenvalue weighted by atomic mass is 15.3. The Balaban J connectivity index is 1.18. The number of benzene rings is 2. The standard InChI is InChI=1S/C23H29N5/c1-2-7-19(8-3-1)27-13-15-28(16-14-27)20-9-6-12-26(17-20)18-23-24-21-10-4-5-11-22(21)25-23/h1-5,7-8,10-11,20H,6,9,12-18H2,(H,24,25). The highest BCUT2D eigenvalue weighted by molar-refractivity contribution is 5.74. The Bertz CT molecular complexity index is 865. The highest BCUT2D eigenvalue weighted by Gasteiger charge is 2.28. The number of para-hydroxylation sites is 3. The zero-order valence-electron chi connectivity index (χ0n) is 16.4.